The van der Waals surface area contributed by atoms with E-state index >= 15 is 0 Å². The monoisotopic (exact) mass is 256 g/mol. The van der Waals surface area contributed by atoms with Gasteiger partial charge in [-0.05, 0) is 35.6 Å². The summed E-state index contributed by atoms with van der Waals surface area (Å²) in [5.74, 6) is -1.00. The van der Waals surface area contributed by atoms with Crippen LogP contribution in [-0.4, -0.2) is 15.6 Å². The van der Waals surface area contributed by atoms with Crippen molar-refractivity contribution in [1.29, 1.82) is 5.26 Å². The van der Waals surface area contributed by atoms with Gasteiger partial charge in [0.2, 0.25) is 0 Å². The lowest BCUT2D eigenvalue weighted by Gasteiger charge is -2.11. The summed E-state index contributed by atoms with van der Waals surface area (Å²) in [6, 6.07) is 7.97. The summed E-state index contributed by atoms with van der Waals surface area (Å²) in [5, 5.41) is 18.5. The Kier molecular flexibility index (Phi) is 3.34. The number of benzene rings is 1. The Morgan fingerprint density at radius 3 is 2.74 bits per heavy atom. The fraction of sp³-hybridized carbons (Fsp3) is 0.214. The van der Waals surface area contributed by atoms with Crippen LogP contribution in [0.2, 0.25) is 0 Å². The maximum Gasteiger partial charge on any atom is 0.335 e. The molecule has 1 N–H and O–H groups in total. The number of hydrogen-bond donors (Lipinski definition) is 1. The molecule has 0 aliphatic rings. The van der Waals surface area contributed by atoms with Gasteiger partial charge in [-0.15, -0.1) is 0 Å². The Hall–Kier alpha value is -2.61. The molecule has 0 saturated carbocycles. The molecule has 0 aliphatic carbocycles. The predicted octanol–water partition coefficient (Wildman–Crippen LogP) is 1.79. The van der Waals surface area contributed by atoms with E-state index in [1.54, 1.807) is 12.1 Å². The maximum atomic E-state index is 11.8. The predicted molar refractivity (Wildman–Crippen MR) is 70.2 cm³/mol. The van der Waals surface area contributed by atoms with Gasteiger partial charge in [0.1, 0.15) is 6.54 Å². The van der Waals surface area contributed by atoms with E-state index in [2.05, 4.69) is 0 Å². The first-order valence-corrected chi connectivity index (χ1v) is 5.85. The number of aromatic carboxylic acids is 1. The third-order valence-corrected chi connectivity index (χ3v) is 3.02. The topological polar surface area (TPSA) is 83.1 Å². The van der Waals surface area contributed by atoms with Crippen LogP contribution in [0.5, 0.6) is 0 Å². The van der Waals surface area contributed by atoms with E-state index in [1.165, 1.54) is 16.7 Å². The lowest BCUT2D eigenvalue weighted by atomic mass is 10.0. The average molecular weight is 256 g/mol. The molecular formula is C14H12N2O3. The molecule has 1 aromatic heterocycles. The molecule has 19 heavy (non-hydrogen) atoms. The minimum Gasteiger partial charge on any atom is -0.478 e. The van der Waals surface area contributed by atoms with Crippen LogP contribution in [0.25, 0.3) is 10.9 Å². The number of rotatable bonds is 3. The van der Waals surface area contributed by atoms with Gasteiger partial charge in [0.15, 0.2) is 0 Å². The summed E-state index contributed by atoms with van der Waals surface area (Å²) >= 11 is 0. The lowest BCUT2D eigenvalue weighted by Crippen LogP contribution is -2.20. The summed E-state index contributed by atoms with van der Waals surface area (Å²) < 4.78 is 1.37. The van der Waals surface area contributed by atoms with Gasteiger partial charge >= 0.3 is 5.97 Å². The number of aromatic nitrogens is 1. The van der Waals surface area contributed by atoms with Gasteiger partial charge in [0, 0.05) is 6.07 Å². The van der Waals surface area contributed by atoms with Crippen molar-refractivity contribution in [3.05, 3.63) is 45.7 Å². The standard InChI is InChI=1S/C14H12N2O3/c1-2-9-7-11(14(18)19)8-10-3-4-12(17)16(6-5-15)13(9)10/h3-4,7-8H,2,6H2,1H3,(H,18,19). The van der Waals surface area contributed by atoms with Gasteiger partial charge in [-0.2, -0.15) is 5.26 Å². The first-order chi connectivity index (χ1) is 9.08. The number of nitriles is 1. The second-order valence-corrected chi connectivity index (χ2v) is 4.15. The minimum atomic E-state index is -1.00. The van der Waals surface area contributed by atoms with Crippen molar-refractivity contribution in [2.75, 3.05) is 0 Å². The summed E-state index contributed by atoms with van der Waals surface area (Å²) in [6.45, 7) is 1.84. The summed E-state index contributed by atoms with van der Waals surface area (Å²) in [4.78, 5) is 22.9. The molecule has 2 rings (SSSR count). The van der Waals surface area contributed by atoms with E-state index in [4.69, 9.17) is 10.4 Å². The summed E-state index contributed by atoms with van der Waals surface area (Å²) in [6.07, 6.45) is 0.590. The van der Waals surface area contributed by atoms with Crippen LogP contribution in [0.4, 0.5) is 0 Å². The van der Waals surface area contributed by atoms with Crippen LogP contribution < -0.4 is 5.56 Å². The Balaban J connectivity index is 2.90. The lowest BCUT2D eigenvalue weighted by molar-refractivity contribution is 0.0697. The van der Waals surface area contributed by atoms with Gasteiger partial charge in [-0.1, -0.05) is 6.92 Å². The highest BCUT2D eigenvalue weighted by Crippen LogP contribution is 2.21. The van der Waals surface area contributed by atoms with Crippen LogP contribution in [0.3, 0.4) is 0 Å². The molecule has 0 aliphatic heterocycles. The van der Waals surface area contributed by atoms with E-state index < -0.39 is 5.97 Å². The first kappa shape index (κ1) is 12.8. The second-order valence-electron chi connectivity index (χ2n) is 4.15. The number of nitrogens with zero attached hydrogens (tertiary/aromatic N) is 2. The molecule has 0 saturated heterocycles. The van der Waals surface area contributed by atoms with Crippen molar-refractivity contribution in [2.24, 2.45) is 0 Å². The molecule has 0 amide bonds. The number of pyridine rings is 1. The fourth-order valence-electron chi connectivity index (χ4n) is 2.16. The zero-order chi connectivity index (χ0) is 14.0. The Labute approximate surface area is 109 Å². The molecule has 96 valence electrons. The van der Waals surface area contributed by atoms with Crippen molar-refractivity contribution >= 4 is 16.9 Å². The summed E-state index contributed by atoms with van der Waals surface area (Å²) in [5.41, 5.74) is 1.32. The van der Waals surface area contributed by atoms with Gasteiger partial charge in [0.05, 0.1) is 17.1 Å². The molecule has 2 aromatic rings. The van der Waals surface area contributed by atoms with E-state index in [0.717, 1.165) is 5.56 Å². The van der Waals surface area contributed by atoms with Crippen molar-refractivity contribution in [3.63, 3.8) is 0 Å². The molecule has 5 nitrogen and oxygen atoms in total. The van der Waals surface area contributed by atoms with Crippen LogP contribution in [-0.2, 0) is 13.0 Å². The van der Waals surface area contributed by atoms with Crippen molar-refractivity contribution in [3.8, 4) is 6.07 Å². The second kappa shape index (κ2) is 4.94. The van der Waals surface area contributed by atoms with E-state index in [9.17, 15) is 9.59 Å². The molecule has 0 bridgehead atoms. The number of carbonyl (C=O) groups is 1. The van der Waals surface area contributed by atoms with E-state index in [1.807, 2.05) is 13.0 Å². The highest BCUT2D eigenvalue weighted by atomic mass is 16.4. The minimum absolute atomic E-state index is 0.0460. The zero-order valence-corrected chi connectivity index (χ0v) is 10.4. The van der Waals surface area contributed by atoms with Crippen LogP contribution in [0.1, 0.15) is 22.8 Å². The normalized spacial score (nSPS) is 10.3. The summed E-state index contributed by atoms with van der Waals surface area (Å²) in [7, 11) is 0. The third-order valence-electron chi connectivity index (χ3n) is 3.02. The highest BCUT2D eigenvalue weighted by molar-refractivity contribution is 5.94. The van der Waals surface area contributed by atoms with Crippen molar-refractivity contribution in [2.45, 2.75) is 19.9 Å². The Morgan fingerprint density at radius 2 is 2.16 bits per heavy atom. The molecular weight excluding hydrogens is 244 g/mol. The van der Waals surface area contributed by atoms with Crippen LogP contribution >= 0.6 is 0 Å². The molecule has 0 unspecified atom stereocenters. The number of fused-ring (bicyclic) bond motifs is 1. The number of aryl methyl sites for hydroxylation is 1. The largest absolute Gasteiger partial charge is 0.478 e. The van der Waals surface area contributed by atoms with Crippen molar-refractivity contribution in [1.82, 2.24) is 4.57 Å². The quantitative estimate of drug-likeness (QED) is 0.907. The Bertz CT molecular complexity index is 754. The van der Waals surface area contributed by atoms with Gasteiger partial charge in [-0.3, -0.25) is 9.36 Å². The highest BCUT2D eigenvalue weighted by Gasteiger charge is 2.12. The number of carboxylic acids is 1. The van der Waals surface area contributed by atoms with Gasteiger partial charge in [-0.25, -0.2) is 4.79 Å². The average Bonchev–Trinajstić information content (AvgIpc) is 2.40. The molecule has 5 heteroatoms. The first-order valence-electron chi connectivity index (χ1n) is 5.85. The molecule has 1 heterocycles. The maximum absolute atomic E-state index is 11.8. The number of hydrogen-bond acceptors (Lipinski definition) is 3. The molecule has 0 spiro atoms. The molecule has 0 atom stereocenters. The van der Waals surface area contributed by atoms with Crippen LogP contribution in [0, 0.1) is 11.3 Å². The van der Waals surface area contributed by atoms with Crippen molar-refractivity contribution < 1.29 is 9.90 Å². The zero-order valence-electron chi connectivity index (χ0n) is 10.4. The van der Waals surface area contributed by atoms with E-state index in [-0.39, 0.29) is 17.7 Å². The van der Waals surface area contributed by atoms with Gasteiger partial charge < -0.3 is 5.11 Å². The SMILES string of the molecule is CCc1cc(C(=O)O)cc2ccc(=O)n(CC#N)c12. The van der Waals surface area contributed by atoms with E-state index in [0.29, 0.717) is 17.3 Å². The fourth-order valence-corrected chi connectivity index (χ4v) is 2.16. The van der Waals surface area contributed by atoms with Crippen LogP contribution in [0.15, 0.2) is 29.1 Å². The molecule has 0 radical (unpaired) electrons. The Morgan fingerprint density at radius 1 is 1.42 bits per heavy atom. The van der Waals surface area contributed by atoms with Gasteiger partial charge in [0.25, 0.3) is 5.56 Å². The molecule has 0 fully saturated rings. The molecule has 1 aromatic carbocycles. The third kappa shape index (κ3) is 2.20. The number of carboxylic acid groups (broad SMARTS) is 1. The smallest absolute Gasteiger partial charge is 0.335 e.